The third-order valence-electron chi connectivity index (χ3n) is 3.77. The zero-order chi connectivity index (χ0) is 27.9. The summed E-state index contributed by atoms with van der Waals surface area (Å²) in [5.41, 5.74) is 0.793. The molecule has 0 atom stereocenters. The largest absolute Gasteiger partial charge is 3.00 e. The molecule has 0 saturated carbocycles. The van der Waals surface area contributed by atoms with Gasteiger partial charge in [0, 0.05) is 48.8 Å². The molecule has 0 aromatic heterocycles. The summed E-state index contributed by atoms with van der Waals surface area (Å²) in [6, 6.07) is 10.0. The second kappa shape index (κ2) is 19.5. The smallest absolute Gasteiger partial charge is 0.545 e. The predicted octanol–water partition coefficient (Wildman–Crippen LogP) is 5.21. The van der Waals surface area contributed by atoms with Gasteiger partial charge in [-0.15, -0.1) is 0 Å². The molecule has 0 heterocycles. The first-order valence-corrected chi connectivity index (χ1v) is 18.4. The van der Waals surface area contributed by atoms with Gasteiger partial charge in [0.05, 0.1) is 17.9 Å². The van der Waals surface area contributed by atoms with Crippen molar-refractivity contribution in [1.82, 2.24) is 0 Å². The van der Waals surface area contributed by atoms with E-state index in [0.29, 0.717) is 0 Å². The minimum Gasteiger partial charge on any atom is -0.545 e. The molecule has 0 saturated heterocycles. The molecule has 0 N–H and O–H groups in total. The van der Waals surface area contributed by atoms with Gasteiger partial charge in [0.1, 0.15) is 0 Å². The van der Waals surface area contributed by atoms with E-state index in [1.807, 2.05) is 67.8 Å². The van der Waals surface area contributed by atoms with Gasteiger partial charge in [0.2, 0.25) is 0 Å². The van der Waals surface area contributed by atoms with Gasteiger partial charge in [0.15, 0.2) is 0 Å². The van der Waals surface area contributed by atoms with Gasteiger partial charge in [0.25, 0.3) is 0 Å². The van der Waals surface area contributed by atoms with E-state index in [-0.39, 0.29) is 34.1 Å². The van der Waals surface area contributed by atoms with Crippen LogP contribution in [0.25, 0.3) is 0 Å². The topological polar surface area (TPSA) is 120 Å². The minimum absolute atomic E-state index is 0. The van der Waals surface area contributed by atoms with Crippen molar-refractivity contribution >= 4 is 239 Å². The molecule has 3 aromatic carbocycles. The molecule has 0 radical (unpaired) electrons. The van der Waals surface area contributed by atoms with Gasteiger partial charge in [-0.25, -0.2) is 0 Å². The molecule has 0 amide bonds. The Hall–Kier alpha value is 3.17. The maximum absolute atomic E-state index is 10.6. The molecular weight excluding hydrogens is 1520 g/mol. The molecule has 0 fully saturated rings. The SMILES string of the molecule is O=C([O-])c1ccc(I)c(I)c1I.O=C([O-])c1ccc(I)c(I)c1I.O=C([O-])c1ccc(I)c(I)c1I.[Al+3]. The maximum atomic E-state index is 10.6. The van der Waals surface area contributed by atoms with Crippen molar-refractivity contribution in [2.75, 3.05) is 0 Å². The minimum atomic E-state index is -1.12. The van der Waals surface area contributed by atoms with Crippen molar-refractivity contribution in [3.63, 3.8) is 0 Å². The summed E-state index contributed by atoms with van der Waals surface area (Å²) in [7, 11) is 0. The Bertz CT molecular complexity index is 1170. The van der Waals surface area contributed by atoms with Crippen LogP contribution in [0.3, 0.4) is 0 Å². The molecule has 0 aliphatic heterocycles. The number of rotatable bonds is 3. The summed E-state index contributed by atoms with van der Waals surface area (Å²) in [6.07, 6.45) is 0. The Morgan fingerprint density at radius 3 is 0.757 bits per heavy atom. The van der Waals surface area contributed by atoms with Crippen molar-refractivity contribution in [2.24, 2.45) is 0 Å². The molecule has 3 rings (SSSR count). The van der Waals surface area contributed by atoms with Crippen LogP contribution in [0.4, 0.5) is 0 Å². The quantitative estimate of drug-likeness (QED) is 0.202. The van der Waals surface area contributed by atoms with Gasteiger partial charge in [-0.1, -0.05) is 18.2 Å². The Kier molecular flexibility index (Phi) is 21.1. The molecule has 0 aliphatic rings. The van der Waals surface area contributed by atoms with E-state index in [1.54, 1.807) is 36.4 Å². The molecule has 37 heavy (non-hydrogen) atoms. The van der Waals surface area contributed by atoms with E-state index < -0.39 is 17.9 Å². The van der Waals surface area contributed by atoms with E-state index in [2.05, 4.69) is 136 Å². The van der Waals surface area contributed by atoms with E-state index in [0.717, 1.165) is 32.1 Å². The average Bonchev–Trinajstić information content (AvgIpc) is 2.79. The molecule has 16 heteroatoms. The first kappa shape index (κ1) is 40.2. The van der Waals surface area contributed by atoms with Crippen molar-refractivity contribution in [1.29, 1.82) is 0 Å². The molecule has 0 bridgehead atoms. The number of aromatic carboxylic acids is 3. The number of carbonyl (C=O) groups excluding carboxylic acids is 3. The third kappa shape index (κ3) is 12.4. The summed E-state index contributed by atoms with van der Waals surface area (Å²) in [5, 5.41) is 31.7. The molecule has 0 spiro atoms. The van der Waals surface area contributed by atoms with Crippen LogP contribution in [-0.4, -0.2) is 35.3 Å². The van der Waals surface area contributed by atoms with Gasteiger partial charge in [-0.05, 0) is 222 Å². The summed E-state index contributed by atoms with van der Waals surface area (Å²) in [5.74, 6) is -3.35. The van der Waals surface area contributed by atoms with Gasteiger partial charge in [-0.3, -0.25) is 0 Å². The second-order valence-corrected chi connectivity index (χ2v) is 16.0. The zero-order valence-electron chi connectivity index (χ0n) is 17.4. The van der Waals surface area contributed by atoms with Crippen molar-refractivity contribution in [2.45, 2.75) is 0 Å². The number of hydrogen-bond acceptors (Lipinski definition) is 6. The van der Waals surface area contributed by atoms with Gasteiger partial charge < -0.3 is 29.7 Å². The van der Waals surface area contributed by atoms with E-state index in [1.165, 1.54) is 0 Å². The first-order chi connectivity index (χ1) is 16.6. The zero-order valence-corrected chi connectivity index (χ0v) is 38.0. The molecule has 3 aromatic rings. The average molecular weight is 1520 g/mol. The van der Waals surface area contributed by atoms with Crippen LogP contribution in [0.5, 0.6) is 0 Å². The maximum Gasteiger partial charge on any atom is 3.00 e. The fourth-order valence-electron chi connectivity index (χ4n) is 2.05. The Morgan fingerprint density at radius 2 is 0.595 bits per heavy atom. The number of carboxylic acids is 3. The number of halogens is 9. The van der Waals surface area contributed by atoms with E-state index in [9.17, 15) is 29.7 Å². The van der Waals surface area contributed by atoms with Crippen LogP contribution >= 0.6 is 203 Å². The molecule has 6 nitrogen and oxygen atoms in total. The molecular formula is C21H6AlI9O6. The van der Waals surface area contributed by atoms with Crippen molar-refractivity contribution < 1.29 is 29.7 Å². The number of carboxylic acid groups (broad SMARTS) is 3. The first-order valence-electron chi connectivity index (χ1n) is 8.66. The third-order valence-corrected chi connectivity index (χ3v) is 19.4. The predicted molar refractivity (Wildman–Crippen MR) is 213 cm³/mol. The standard InChI is InChI=1S/3C7H3I3O2.Al/c3*8-4-2-1-3(7(11)12)5(9)6(4)10;/h3*1-2H,(H,11,12);/q;;;+3/p-3. The van der Waals surface area contributed by atoms with Gasteiger partial charge in [-0.2, -0.15) is 0 Å². The van der Waals surface area contributed by atoms with Crippen molar-refractivity contribution in [3.8, 4) is 0 Å². The molecule has 0 unspecified atom stereocenters. The summed E-state index contributed by atoms with van der Waals surface area (Å²) < 4.78 is 8.33. The summed E-state index contributed by atoms with van der Waals surface area (Å²) in [6.45, 7) is 0. The van der Waals surface area contributed by atoms with Crippen LogP contribution in [0, 0.1) is 32.1 Å². The van der Waals surface area contributed by atoms with Crippen molar-refractivity contribution in [3.05, 3.63) is 85.2 Å². The Labute approximate surface area is 346 Å². The van der Waals surface area contributed by atoms with Crippen LogP contribution in [0.15, 0.2) is 36.4 Å². The van der Waals surface area contributed by atoms with E-state index in [4.69, 9.17) is 0 Å². The number of hydrogen-bond donors (Lipinski definition) is 0. The fourth-order valence-corrected chi connectivity index (χ4v) is 8.43. The van der Waals surface area contributed by atoms with Crippen LogP contribution in [0.1, 0.15) is 31.1 Å². The monoisotopic (exact) mass is 1520 g/mol. The second-order valence-electron chi connectivity index (χ2n) is 6.03. The Balaban J connectivity index is 0.000000518. The normalized spacial score (nSPS) is 9.65. The number of carbonyl (C=O) groups is 3. The van der Waals surface area contributed by atoms with Crippen LogP contribution in [-0.2, 0) is 0 Å². The summed E-state index contributed by atoms with van der Waals surface area (Å²) in [4.78, 5) is 31.7. The van der Waals surface area contributed by atoms with Crippen LogP contribution < -0.4 is 15.3 Å². The summed E-state index contributed by atoms with van der Waals surface area (Å²) >= 11 is 18.9. The van der Waals surface area contributed by atoms with E-state index >= 15 is 0 Å². The van der Waals surface area contributed by atoms with Crippen LogP contribution in [0.2, 0.25) is 0 Å². The molecule has 192 valence electrons. The van der Waals surface area contributed by atoms with Gasteiger partial charge >= 0.3 is 17.4 Å². The molecule has 0 aliphatic carbocycles. The number of benzene rings is 3. The fraction of sp³-hybridized carbons (Fsp3) is 0. The Morgan fingerprint density at radius 1 is 0.405 bits per heavy atom.